The first-order valence-electron chi connectivity index (χ1n) is 8.85. The molecule has 1 amide bonds. The van der Waals surface area contributed by atoms with Gasteiger partial charge in [0, 0.05) is 13.1 Å². The molecule has 0 bridgehead atoms. The number of hydrogen-bond acceptors (Lipinski definition) is 3. The Bertz CT molecular complexity index is 595. The standard InChI is InChI=1S/C18H27F3N4O2.HI/c1-3-9-23-16(26)11-25-17(22-4-2)24-10-14-5-7-15(8-6-14)12-27-13-18(19,20)21;/h5-8H,3-4,9-13H2,1-2H3,(H,23,26)(H2,22,24,25);1H. The summed E-state index contributed by atoms with van der Waals surface area (Å²) >= 11 is 0. The second kappa shape index (κ2) is 14.4. The number of halogens is 4. The van der Waals surface area contributed by atoms with Crippen molar-refractivity contribution in [3.05, 3.63) is 35.4 Å². The molecule has 0 aliphatic rings. The Morgan fingerprint density at radius 2 is 1.71 bits per heavy atom. The molecule has 28 heavy (non-hydrogen) atoms. The van der Waals surface area contributed by atoms with Crippen LogP contribution in [0.3, 0.4) is 0 Å². The monoisotopic (exact) mass is 516 g/mol. The van der Waals surface area contributed by atoms with Crippen molar-refractivity contribution in [1.29, 1.82) is 0 Å². The van der Waals surface area contributed by atoms with Crippen molar-refractivity contribution in [2.24, 2.45) is 4.99 Å². The van der Waals surface area contributed by atoms with Gasteiger partial charge < -0.3 is 20.7 Å². The van der Waals surface area contributed by atoms with E-state index in [0.29, 0.717) is 31.2 Å². The molecule has 0 aliphatic heterocycles. The van der Waals surface area contributed by atoms with Gasteiger partial charge >= 0.3 is 6.18 Å². The number of guanidine groups is 1. The SMILES string of the molecule is CCCNC(=O)CNC(=NCc1ccc(COCC(F)(F)F)cc1)NCC.I. The molecular weight excluding hydrogens is 488 g/mol. The summed E-state index contributed by atoms with van der Waals surface area (Å²) in [6.07, 6.45) is -3.45. The Hall–Kier alpha value is -1.56. The fourth-order valence-electron chi connectivity index (χ4n) is 2.03. The number of rotatable bonds is 10. The predicted molar refractivity (Wildman–Crippen MR) is 114 cm³/mol. The second-order valence-electron chi connectivity index (χ2n) is 5.82. The van der Waals surface area contributed by atoms with Gasteiger partial charge in [-0.3, -0.25) is 4.79 Å². The Labute approximate surface area is 180 Å². The van der Waals surface area contributed by atoms with Crippen LogP contribution in [0.2, 0.25) is 0 Å². The van der Waals surface area contributed by atoms with Crippen molar-refractivity contribution in [2.45, 2.75) is 39.6 Å². The summed E-state index contributed by atoms with van der Waals surface area (Å²) in [6, 6.07) is 6.99. The van der Waals surface area contributed by atoms with Crippen LogP contribution < -0.4 is 16.0 Å². The molecule has 1 aromatic carbocycles. The average Bonchev–Trinajstić information content (AvgIpc) is 2.62. The van der Waals surface area contributed by atoms with E-state index >= 15 is 0 Å². The number of carbonyl (C=O) groups excluding carboxylic acids is 1. The Morgan fingerprint density at radius 3 is 2.29 bits per heavy atom. The molecule has 0 atom stereocenters. The molecule has 0 spiro atoms. The molecule has 0 unspecified atom stereocenters. The van der Waals surface area contributed by atoms with E-state index < -0.39 is 12.8 Å². The van der Waals surface area contributed by atoms with Crippen molar-refractivity contribution in [2.75, 3.05) is 26.2 Å². The summed E-state index contributed by atoms with van der Waals surface area (Å²) < 4.78 is 40.8. The molecule has 6 nitrogen and oxygen atoms in total. The Kier molecular flexibility index (Phi) is 13.6. The van der Waals surface area contributed by atoms with Crippen molar-refractivity contribution in [3.8, 4) is 0 Å². The van der Waals surface area contributed by atoms with Crippen LogP contribution in [0, 0.1) is 0 Å². The second-order valence-corrected chi connectivity index (χ2v) is 5.82. The number of nitrogens with one attached hydrogen (secondary N) is 3. The first-order valence-corrected chi connectivity index (χ1v) is 8.85. The molecule has 0 saturated heterocycles. The molecular formula is C18H28F3IN4O2. The lowest BCUT2D eigenvalue weighted by Crippen LogP contribution is -2.43. The number of alkyl halides is 3. The van der Waals surface area contributed by atoms with Crippen molar-refractivity contribution >= 4 is 35.8 Å². The maximum absolute atomic E-state index is 12.1. The first-order chi connectivity index (χ1) is 12.8. The zero-order chi connectivity index (χ0) is 20.1. The highest BCUT2D eigenvalue weighted by Gasteiger charge is 2.27. The normalized spacial score (nSPS) is 11.5. The van der Waals surface area contributed by atoms with E-state index in [1.54, 1.807) is 24.3 Å². The highest BCUT2D eigenvalue weighted by atomic mass is 127. The maximum atomic E-state index is 12.1. The highest BCUT2D eigenvalue weighted by molar-refractivity contribution is 14.0. The van der Waals surface area contributed by atoms with Crippen molar-refractivity contribution < 1.29 is 22.7 Å². The number of hydrogen-bond donors (Lipinski definition) is 3. The van der Waals surface area contributed by atoms with Crippen LogP contribution in [-0.2, 0) is 22.7 Å². The van der Waals surface area contributed by atoms with Gasteiger partial charge in [-0.25, -0.2) is 4.99 Å². The van der Waals surface area contributed by atoms with Crippen LogP contribution in [0.5, 0.6) is 0 Å². The third-order valence-corrected chi connectivity index (χ3v) is 3.31. The molecule has 1 aromatic rings. The molecule has 0 aliphatic carbocycles. The topological polar surface area (TPSA) is 74.8 Å². The number of amides is 1. The lowest BCUT2D eigenvalue weighted by molar-refractivity contribution is -0.176. The van der Waals surface area contributed by atoms with E-state index in [-0.39, 0.29) is 43.0 Å². The summed E-state index contributed by atoms with van der Waals surface area (Å²) in [5, 5.41) is 8.77. The molecule has 10 heteroatoms. The van der Waals surface area contributed by atoms with E-state index in [9.17, 15) is 18.0 Å². The van der Waals surface area contributed by atoms with Gasteiger partial charge in [-0.05, 0) is 24.5 Å². The zero-order valence-electron chi connectivity index (χ0n) is 16.1. The number of benzene rings is 1. The first kappa shape index (κ1) is 26.4. The fraction of sp³-hybridized carbons (Fsp3) is 0.556. The van der Waals surface area contributed by atoms with Crippen LogP contribution in [0.1, 0.15) is 31.4 Å². The van der Waals surface area contributed by atoms with Gasteiger partial charge in [-0.15, -0.1) is 24.0 Å². The van der Waals surface area contributed by atoms with E-state index in [0.717, 1.165) is 12.0 Å². The quantitative estimate of drug-likeness (QED) is 0.254. The summed E-state index contributed by atoms with van der Waals surface area (Å²) in [7, 11) is 0. The van der Waals surface area contributed by atoms with Gasteiger partial charge in [0.25, 0.3) is 0 Å². The van der Waals surface area contributed by atoms with E-state index in [4.69, 9.17) is 0 Å². The number of ether oxygens (including phenoxy) is 1. The zero-order valence-corrected chi connectivity index (χ0v) is 18.4. The molecule has 1 rings (SSSR count). The van der Waals surface area contributed by atoms with Gasteiger partial charge in [-0.1, -0.05) is 31.2 Å². The molecule has 0 aromatic heterocycles. The third kappa shape index (κ3) is 12.8. The fourth-order valence-corrected chi connectivity index (χ4v) is 2.03. The molecule has 0 radical (unpaired) electrons. The van der Waals surface area contributed by atoms with E-state index in [1.807, 2.05) is 13.8 Å². The summed E-state index contributed by atoms with van der Waals surface area (Å²) in [5.74, 6) is 0.410. The van der Waals surface area contributed by atoms with Crippen molar-refractivity contribution in [1.82, 2.24) is 16.0 Å². The van der Waals surface area contributed by atoms with Crippen LogP contribution in [0.25, 0.3) is 0 Å². The lowest BCUT2D eigenvalue weighted by atomic mass is 10.1. The van der Waals surface area contributed by atoms with Crippen LogP contribution in [0.4, 0.5) is 13.2 Å². The lowest BCUT2D eigenvalue weighted by Gasteiger charge is -2.11. The molecule has 0 heterocycles. The molecule has 160 valence electrons. The van der Waals surface area contributed by atoms with Crippen LogP contribution >= 0.6 is 24.0 Å². The molecule has 0 saturated carbocycles. The number of aliphatic imine (C=N–C) groups is 1. The summed E-state index contributed by atoms with van der Waals surface area (Å²) in [4.78, 5) is 16.0. The summed E-state index contributed by atoms with van der Waals surface area (Å²) in [6.45, 7) is 4.32. The van der Waals surface area contributed by atoms with Crippen LogP contribution in [-0.4, -0.2) is 44.3 Å². The largest absolute Gasteiger partial charge is 0.411 e. The minimum Gasteiger partial charge on any atom is -0.367 e. The van der Waals surface area contributed by atoms with Gasteiger partial charge in [0.2, 0.25) is 5.91 Å². The Balaban J connectivity index is 0.00000729. The summed E-state index contributed by atoms with van der Waals surface area (Å²) in [5.41, 5.74) is 1.55. The minimum atomic E-state index is -4.32. The highest BCUT2D eigenvalue weighted by Crippen LogP contribution is 2.16. The third-order valence-electron chi connectivity index (χ3n) is 3.31. The Morgan fingerprint density at radius 1 is 1.07 bits per heavy atom. The van der Waals surface area contributed by atoms with E-state index in [2.05, 4.69) is 25.7 Å². The number of carbonyl (C=O) groups is 1. The number of nitrogens with zero attached hydrogens (tertiary/aromatic N) is 1. The molecule has 0 fully saturated rings. The van der Waals surface area contributed by atoms with E-state index in [1.165, 1.54) is 0 Å². The maximum Gasteiger partial charge on any atom is 0.411 e. The van der Waals surface area contributed by atoms with Crippen molar-refractivity contribution in [3.63, 3.8) is 0 Å². The minimum absolute atomic E-state index is 0. The smallest absolute Gasteiger partial charge is 0.367 e. The van der Waals surface area contributed by atoms with Gasteiger partial charge in [0.05, 0.1) is 19.7 Å². The van der Waals surface area contributed by atoms with Gasteiger partial charge in [-0.2, -0.15) is 13.2 Å². The van der Waals surface area contributed by atoms with Gasteiger partial charge in [0.15, 0.2) is 5.96 Å². The predicted octanol–water partition coefficient (Wildman–Crippen LogP) is 2.96. The average molecular weight is 516 g/mol. The van der Waals surface area contributed by atoms with Crippen LogP contribution in [0.15, 0.2) is 29.3 Å². The van der Waals surface area contributed by atoms with Gasteiger partial charge in [0.1, 0.15) is 6.61 Å². The molecule has 3 N–H and O–H groups in total.